The van der Waals surface area contributed by atoms with E-state index in [1.54, 1.807) is 0 Å². The molecule has 0 spiro atoms. The van der Waals surface area contributed by atoms with Gasteiger partial charge in [0.15, 0.2) is 0 Å². The van der Waals surface area contributed by atoms with E-state index in [1.165, 1.54) is 27.6 Å². The summed E-state index contributed by atoms with van der Waals surface area (Å²) in [5.41, 5.74) is 8.63. The van der Waals surface area contributed by atoms with Crippen LogP contribution >= 0.6 is 33.9 Å². The summed E-state index contributed by atoms with van der Waals surface area (Å²) in [6.45, 7) is 2.06. The lowest BCUT2D eigenvalue weighted by atomic mass is 10.1. The fourth-order valence-electron chi connectivity index (χ4n) is 1.63. The Morgan fingerprint density at radius 1 is 1.44 bits per heavy atom. The first-order valence-corrected chi connectivity index (χ1v) is 7.17. The van der Waals surface area contributed by atoms with Gasteiger partial charge >= 0.3 is 5.97 Å². The van der Waals surface area contributed by atoms with E-state index in [1.807, 2.05) is 18.2 Å². The molecule has 0 aliphatic rings. The average Bonchev–Trinajstić information content (AvgIpc) is 2.73. The molecule has 0 fully saturated rings. The lowest BCUT2D eigenvalue weighted by Gasteiger charge is -2.04. The van der Waals surface area contributed by atoms with Gasteiger partial charge in [0.25, 0.3) is 0 Å². The zero-order valence-corrected chi connectivity index (χ0v) is 13.0. The van der Waals surface area contributed by atoms with E-state index < -0.39 is 0 Å². The number of nitrogens with two attached hydrogens (primary N) is 1. The number of rotatable bonds is 2. The van der Waals surface area contributed by atoms with Gasteiger partial charge in [-0.25, -0.2) is 4.79 Å². The molecule has 2 aromatic rings. The quantitative estimate of drug-likeness (QED) is 0.645. The maximum absolute atomic E-state index is 11.5. The van der Waals surface area contributed by atoms with Gasteiger partial charge in [-0.2, -0.15) is 0 Å². The number of methoxy groups -OCH3 is 1. The molecule has 2 rings (SSSR count). The van der Waals surface area contributed by atoms with E-state index in [9.17, 15) is 4.79 Å². The molecular weight excluding hydrogens is 361 g/mol. The molecule has 18 heavy (non-hydrogen) atoms. The molecule has 2 N–H and O–H groups in total. The summed E-state index contributed by atoms with van der Waals surface area (Å²) >= 11 is 3.67. The molecule has 0 atom stereocenters. The van der Waals surface area contributed by atoms with E-state index in [0.29, 0.717) is 10.6 Å². The molecule has 1 aromatic heterocycles. The maximum Gasteiger partial charge on any atom is 0.350 e. The van der Waals surface area contributed by atoms with Gasteiger partial charge in [0.1, 0.15) is 4.88 Å². The number of ether oxygens (including phenoxy) is 1. The fraction of sp³-hybridized carbons (Fsp3) is 0.154. The van der Waals surface area contributed by atoms with Crippen LogP contribution < -0.4 is 5.73 Å². The molecule has 0 aliphatic heterocycles. The summed E-state index contributed by atoms with van der Waals surface area (Å²) in [7, 11) is 1.36. The number of nitrogen functional groups attached to an aromatic ring is 1. The Morgan fingerprint density at radius 2 is 2.17 bits per heavy atom. The van der Waals surface area contributed by atoms with Gasteiger partial charge in [-0.15, -0.1) is 11.3 Å². The summed E-state index contributed by atoms with van der Waals surface area (Å²) in [6.07, 6.45) is 0. The highest BCUT2D eigenvalue weighted by Crippen LogP contribution is 2.36. The second-order valence-electron chi connectivity index (χ2n) is 3.82. The van der Waals surface area contributed by atoms with Crippen LogP contribution in [-0.2, 0) is 4.74 Å². The lowest BCUT2D eigenvalue weighted by Crippen LogP contribution is -2.00. The van der Waals surface area contributed by atoms with Gasteiger partial charge in [0.2, 0.25) is 0 Å². The van der Waals surface area contributed by atoms with Crippen molar-refractivity contribution in [3.8, 4) is 10.4 Å². The monoisotopic (exact) mass is 373 g/mol. The second kappa shape index (κ2) is 5.27. The first-order chi connectivity index (χ1) is 8.54. The van der Waals surface area contributed by atoms with Crippen molar-refractivity contribution in [2.24, 2.45) is 0 Å². The molecule has 1 aromatic carbocycles. The van der Waals surface area contributed by atoms with Crippen molar-refractivity contribution in [2.75, 3.05) is 12.8 Å². The van der Waals surface area contributed by atoms with Crippen LogP contribution in [0, 0.1) is 10.5 Å². The van der Waals surface area contributed by atoms with Crippen molar-refractivity contribution in [3.63, 3.8) is 0 Å². The van der Waals surface area contributed by atoms with Crippen LogP contribution in [-0.4, -0.2) is 13.1 Å². The zero-order valence-electron chi connectivity index (χ0n) is 9.99. The van der Waals surface area contributed by atoms with Crippen molar-refractivity contribution < 1.29 is 9.53 Å². The van der Waals surface area contributed by atoms with Gasteiger partial charge < -0.3 is 10.5 Å². The SMILES string of the molecule is COC(=O)c1sc(-c2cccc(C)c2I)cc1N. The third-order valence-corrected chi connectivity index (χ3v) is 5.18. The highest BCUT2D eigenvalue weighted by atomic mass is 127. The molecule has 0 bridgehead atoms. The number of aryl methyl sites for hydroxylation is 1. The first kappa shape index (κ1) is 13.4. The smallest absolute Gasteiger partial charge is 0.350 e. The Hall–Kier alpha value is -1.08. The van der Waals surface area contributed by atoms with Crippen molar-refractivity contribution >= 4 is 45.6 Å². The highest BCUT2D eigenvalue weighted by molar-refractivity contribution is 14.1. The predicted octanol–water partition coefficient (Wildman–Crippen LogP) is 3.70. The molecule has 0 aliphatic carbocycles. The van der Waals surface area contributed by atoms with Crippen molar-refractivity contribution in [2.45, 2.75) is 6.92 Å². The molecule has 0 saturated heterocycles. The Labute approximate surface area is 123 Å². The minimum absolute atomic E-state index is 0.383. The topological polar surface area (TPSA) is 52.3 Å². The standard InChI is InChI=1S/C13H12INO2S/c1-7-4-3-5-8(11(7)14)10-6-9(15)12(18-10)13(16)17-2/h3-6H,15H2,1-2H3. The zero-order chi connectivity index (χ0) is 13.3. The fourth-order valence-corrected chi connectivity index (χ4v) is 3.49. The van der Waals surface area contributed by atoms with Gasteiger partial charge in [-0.05, 0) is 41.1 Å². The van der Waals surface area contributed by atoms with Crippen LogP contribution in [0.5, 0.6) is 0 Å². The van der Waals surface area contributed by atoms with Gasteiger partial charge in [0.05, 0.1) is 12.8 Å². The number of carbonyl (C=O) groups is 1. The summed E-state index contributed by atoms with van der Waals surface area (Å²) < 4.78 is 5.88. The molecule has 1 heterocycles. The Bertz CT molecular complexity index is 607. The third kappa shape index (κ3) is 2.37. The molecule has 0 saturated carbocycles. The molecular formula is C13H12INO2S. The van der Waals surface area contributed by atoms with Crippen molar-refractivity contribution in [1.29, 1.82) is 0 Å². The largest absolute Gasteiger partial charge is 0.465 e. The summed E-state index contributed by atoms with van der Waals surface area (Å²) in [5, 5.41) is 0. The Morgan fingerprint density at radius 3 is 2.83 bits per heavy atom. The molecule has 0 radical (unpaired) electrons. The first-order valence-electron chi connectivity index (χ1n) is 5.27. The number of anilines is 1. The third-order valence-electron chi connectivity index (χ3n) is 2.59. The minimum atomic E-state index is -0.383. The van der Waals surface area contributed by atoms with Crippen LogP contribution in [0.25, 0.3) is 10.4 Å². The van der Waals surface area contributed by atoms with E-state index >= 15 is 0 Å². The maximum atomic E-state index is 11.5. The number of halogens is 1. The minimum Gasteiger partial charge on any atom is -0.465 e. The summed E-state index contributed by atoms with van der Waals surface area (Å²) in [6, 6.07) is 7.92. The highest BCUT2D eigenvalue weighted by Gasteiger charge is 2.17. The number of hydrogen-bond donors (Lipinski definition) is 1. The van der Waals surface area contributed by atoms with Crippen LogP contribution in [0.4, 0.5) is 5.69 Å². The van der Waals surface area contributed by atoms with Crippen LogP contribution in [0.2, 0.25) is 0 Å². The van der Waals surface area contributed by atoms with Gasteiger partial charge in [-0.1, -0.05) is 18.2 Å². The van der Waals surface area contributed by atoms with E-state index in [-0.39, 0.29) is 5.97 Å². The van der Waals surface area contributed by atoms with E-state index in [4.69, 9.17) is 10.5 Å². The summed E-state index contributed by atoms with van der Waals surface area (Å²) in [4.78, 5) is 13.0. The number of hydrogen-bond acceptors (Lipinski definition) is 4. The molecule has 0 amide bonds. The van der Waals surface area contributed by atoms with Crippen LogP contribution in [0.3, 0.4) is 0 Å². The van der Waals surface area contributed by atoms with Crippen LogP contribution in [0.1, 0.15) is 15.2 Å². The van der Waals surface area contributed by atoms with Gasteiger partial charge in [0, 0.05) is 14.0 Å². The normalized spacial score (nSPS) is 10.4. The molecule has 5 heteroatoms. The van der Waals surface area contributed by atoms with Crippen molar-refractivity contribution in [3.05, 3.63) is 38.3 Å². The molecule has 3 nitrogen and oxygen atoms in total. The van der Waals surface area contributed by atoms with E-state index in [2.05, 4.69) is 35.6 Å². The second-order valence-corrected chi connectivity index (χ2v) is 5.95. The van der Waals surface area contributed by atoms with Crippen molar-refractivity contribution in [1.82, 2.24) is 0 Å². The van der Waals surface area contributed by atoms with Crippen LogP contribution in [0.15, 0.2) is 24.3 Å². The average molecular weight is 373 g/mol. The Kier molecular flexibility index (Phi) is 3.91. The summed E-state index contributed by atoms with van der Waals surface area (Å²) in [5.74, 6) is -0.383. The molecule has 0 unspecified atom stereocenters. The number of esters is 1. The van der Waals surface area contributed by atoms with Gasteiger partial charge in [-0.3, -0.25) is 0 Å². The Balaban J connectivity index is 2.53. The molecule has 94 valence electrons. The van der Waals surface area contributed by atoms with E-state index in [0.717, 1.165) is 10.4 Å². The number of thiophene rings is 1. The predicted molar refractivity (Wildman–Crippen MR) is 83.0 cm³/mol. The number of benzene rings is 1. The number of carbonyl (C=O) groups excluding carboxylic acids is 1. The lowest BCUT2D eigenvalue weighted by molar-refractivity contribution is 0.0607.